The predicted octanol–water partition coefficient (Wildman–Crippen LogP) is 6.95. The summed E-state index contributed by atoms with van der Waals surface area (Å²) in [6, 6.07) is 22.6. The molecule has 1 atom stereocenters. The highest BCUT2D eigenvalue weighted by Crippen LogP contribution is 2.31. The Kier molecular flexibility index (Phi) is 9.99. The zero-order chi connectivity index (χ0) is 30.1. The third-order valence-electron chi connectivity index (χ3n) is 6.58. The minimum absolute atomic E-state index is 0.192. The third-order valence-corrected chi connectivity index (χ3v) is 6.58. The second kappa shape index (κ2) is 13.8. The lowest BCUT2D eigenvalue weighted by molar-refractivity contribution is -0.112. The summed E-state index contributed by atoms with van der Waals surface area (Å²) in [6.07, 6.45) is -1.26. The molecule has 0 aliphatic heterocycles. The number of anilines is 2. The predicted molar refractivity (Wildman–Crippen MR) is 157 cm³/mol. The molecule has 0 bridgehead atoms. The van der Waals surface area contributed by atoms with Crippen LogP contribution in [0.5, 0.6) is 5.75 Å². The van der Waals surface area contributed by atoms with E-state index in [1.165, 1.54) is 37.1 Å². The lowest BCUT2D eigenvalue weighted by Gasteiger charge is -2.21. The van der Waals surface area contributed by atoms with Gasteiger partial charge in [0.15, 0.2) is 0 Å². The summed E-state index contributed by atoms with van der Waals surface area (Å²) in [5.41, 5.74) is 0.531. The summed E-state index contributed by atoms with van der Waals surface area (Å²) in [5, 5.41) is 25.5. The Morgan fingerprint density at radius 1 is 1.05 bits per heavy atom. The van der Waals surface area contributed by atoms with E-state index in [0.717, 1.165) is 29.8 Å². The number of hydrogen-bond donors (Lipinski definition) is 4. The molecule has 1 fully saturated rings. The average molecular weight is 576 g/mol. The zero-order valence-corrected chi connectivity index (χ0v) is 23.1. The molecular formula is C32H32F3N5O2. The fourth-order valence-electron chi connectivity index (χ4n) is 4.21. The van der Waals surface area contributed by atoms with E-state index >= 15 is 0 Å². The minimum Gasteiger partial charge on any atom is -0.494 e. The number of nitrogens with one attached hydrogen (secondary N) is 4. The van der Waals surface area contributed by atoms with Crippen molar-refractivity contribution in [1.29, 1.82) is 10.7 Å². The van der Waals surface area contributed by atoms with Crippen molar-refractivity contribution in [1.82, 2.24) is 5.32 Å². The van der Waals surface area contributed by atoms with Gasteiger partial charge >= 0.3 is 6.18 Å². The number of hydrogen-bond acceptors (Lipinski definition) is 6. The molecule has 0 spiro atoms. The molecule has 0 heterocycles. The number of ether oxygens (including phenoxy) is 1. The fraction of sp³-hybridized carbons (Fsp3) is 0.281. The Morgan fingerprint density at radius 2 is 1.74 bits per heavy atom. The molecule has 0 aromatic heterocycles. The molecule has 3 aromatic rings. The van der Waals surface area contributed by atoms with Crippen molar-refractivity contribution in [3.05, 3.63) is 101 Å². The molecule has 0 saturated heterocycles. The Bertz CT molecular complexity index is 1470. The van der Waals surface area contributed by atoms with Gasteiger partial charge in [0.1, 0.15) is 17.2 Å². The van der Waals surface area contributed by atoms with Gasteiger partial charge < -0.3 is 20.7 Å². The maximum atomic E-state index is 13.2. The van der Waals surface area contributed by atoms with Gasteiger partial charge in [0, 0.05) is 11.4 Å². The molecule has 1 aliphatic carbocycles. The SMILES string of the molecule is CCCOc1ccc(C(NCC2CC2)c2cccc(NC(=O)/C(=C/C(=N)C(F)(F)F)Nc3cccc(C#N)c3)c2)cc1. The first-order valence-corrected chi connectivity index (χ1v) is 13.7. The minimum atomic E-state index is -4.95. The van der Waals surface area contributed by atoms with Crippen LogP contribution in [0.1, 0.15) is 48.9 Å². The van der Waals surface area contributed by atoms with Crippen LogP contribution >= 0.6 is 0 Å². The van der Waals surface area contributed by atoms with E-state index in [9.17, 15) is 18.0 Å². The van der Waals surface area contributed by atoms with Crippen LogP contribution in [0.3, 0.4) is 0 Å². The summed E-state index contributed by atoms with van der Waals surface area (Å²) >= 11 is 0. The van der Waals surface area contributed by atoms with E-state index in [0.29, 0.717) is 24.3 Å². The molecule has 1 amide bonds. The normalized spacial score (nSPS) is 14.0. The standard InChI is InChI=1S/C32H32F3N5O2/c1-2-15-42-27-13-11-23(12-14-27)30(38-20-21-9-10-21)24-6-4-8-26(17-24)40-31(41)28(18-29(37)32(33,34)35)39-25-7-3-5-22(16-25)19-36/h3-8,11-14,16-18,21,30,37-39H,2,9-10,15,20H2,1H3,(H,40,41)/b28-18-,37-29?. The number of nitrogens with zero attached hydrogens (tertiary/aromatic N) is 1. The molecule has 4 N–H and O–H groups in total. The molecule has 42 heavy (non-hydrogen) atoms. The number of carbonyl (C=O) groups is 1. The molecular weight excluding hydrogens is 543 g/mol. The second-order valence-corrected chi connectivity index (χ2v) is 10.1. The van der Waals surface area contributed by atoms with Crippen LogP contribution in [0.25, 0.3) is 0 Å². The van der Waals surface area contributed by atoms with E-state index in [4.69, 9.17) is 15.4 Å². The quantitative estimate of drug-likeness (QED) is 0.130. The lowest BCUT2D eigenvalue weighted by Crippen LogP contribution is -2.26. The number of allylic oxidation sites excluding steroid dienone is 1. The second-order valence-electron chi connectivity index (χ2n) is 10.1. The van der Waals surface area contributed by atoms with Gasteiger partial charge in [-0.15, -0.1) is 0 Å². The number of halogens is 3. The molecule has 218 valence electrons. The van der Waals surface area contributed by atoms with E-state index in [2.05, 4.69) is 16.0 Å². The van der Waals surface area contributed by atoms with Crippen LogP contribution < -0.4 is 20.7 Å². The van der Waals surface area contributed by atoms with Gasteiger partial charge in [-0.1, -0.05) is 37.3 Å². The van der Waals surface area contributed by atoms with Gasteiger partial charge in [0.05, 0.1) is 24.3 Å². The molecule has 7 nitrogen and oxygen atoms in total. The van der Waals surface area contributed by atoms with Gasteiger partial charge in [-0.25, -0.2) is 0 Å². The molecule has 1 saturated carbocycles. The number of nitriles is 1. The Balaban J connectivity index is 1.58. The van der Waals surface area contributed by atoms with Crippen molar-refractivity contribution in [3.8, 4) is 11.8 Å². The van der Waals surface area contributed by atoms with Gasteiger partial charge in [0.2, 0.25) is 0 Å². The number of carbonyl (C=O) groups excluding carboxylic acids is 1. The van der Waals surface area contributed by atoms with Gasteiger partial charge in [0.25, 0.3) is 5.91 Å². The fourth-order valence-corrected chi connectivity index (χ4v) is 4.21. The summed E-state index contributed by atoms with van der Waals surface area (Å²) in [6.45, 7) is 3.49. The van der Waals surface area contributed by atoms with Crippen molar-refractivity contribution in [3.63, 3.8) is 0 Å². The Morgan fingerprint density at radius 3 is 2.38 bits per heavy atom. The van der Waals surface area contributed by atoms with E-state index < -0.39 is 23.5 Å². The number of rotatable bonds is 13. The van der Waals surface area contributed by atoms with E-state index in [1.807, 2.05) is 43.3 Å². The van der Waals surface area contributed by atoms with Gasteiger partial charge in [-0.05, 0) is 91.4 Å². The van der Waals surface area contributed by atoms with Crippen LogP contribution in [0.2, 0.25) is 0 Å². The van der Waals surface area contributed by atoms with Crippen LogP contribution in [-0.2, 0) is 4.79 Å². The number of amides is 1. The maximum absolute atomic E-state index is 13.2. The zero-order valence-electron chi connectivity index (χ0n) is 23.1. The van der Waals surface area contributed by atoms with Crippen LogP contribution in [0.4, 0.5) is 24.5 Å². The molecule has 0 radical (unpaired) electrons. The Hall–Kier alpha value is -4.62. The smallest absolute Gasteiger partial charge is 0.432 e. The van der Waals surface area contributed by atoms with Crippen LogP contribution in [0.15, 0.2) is 84.6 Å². The van der Waals surface area contributed by atoms with Crippen LogP contribution in [0, 0.1) is 22.7 Å². The highest BCUT2D eigenvalue weighted by molar-refractivity contribution is 6.11. The molecule has 4 rings (SSSR count). The average Bonchev–Trinajstić information content (AvgIpc) is 3.81. The molecule has 1 aliphatic rings. The van der Waals surface area contributed by atoms with Crippen molar-refractivity contribution >= 4 is 23.0 Å². The van der Waals surface area contributed by atoms with Gasteiger partial charge in [-0.3, -0.25) is 10.2 Å². The van der Waals surface area contributed by atoms with E-state index in [1.54, 1.807) is 18.2 Å². The lowest BCUT2D eigenvalue weighted by atomic mass is 9.97. The summed E-state index contributed by atoms with van der Waals surface area (Å²) in [4.78, 5) is 13.2. The molecule has 10 heteroatoms. The van der Waals surface area contributed by atoms with Crippen molar-refractivity contribution in [2.24, 2.45) is 5.92 Å². The monoisotopic (exact) mass is 575 g/mol. The first kappa shape index (κ1) is 30.3. The van der Waals surface area contributed by atoms with Crippen molar-refractivity contribution in [2.45, 2.75) is 38.4 Å². The first-order valence-electron chi connectivity index (χ1n) is 13.7. The van der Waals surface area contributed by atoms with Crippen molar-refractivity contribution in [2.75, 3.05) is 23.8 Å². The summed E-state index contributed by atoms with van der Waals surface area (Å²) in [7, 11) is 0. The highest BCUT2D eigenvalue weighted by atomic mass is 19.4. The van der Waals surface area contributed by atoms with Crippen LogP contribution in [-0.4, -0.2) is 30.9 Å². The number of alkyl halides is 3. The first-order chi connectivity index (χ1) is 20.2. The van der Waals surface area contributed by atoms with E-state index in [-0.39, 0.29) is 17.3 Å². The number of benzene rings is 3. The highest BCUT2D eigenvalue weighted by Gasteiger charge is 2.33. The largest absolute Gasteiger partial charge is 0.494 e. The topological polar surface area (TPSA) is 110 Å². The Labute approximate surface area is 242 Å². The van der Waals surface area contributed by atoms with Gasteiger partial charge in [-0.2, -0.15) is 18.4 Å². The maximum Gasteiger partial charge on any atom is 0.432 e. The summed E-state index contributed by atoms with van der Waals surface area (Å²) in [5.74, 6) is 0.521. The summed E-state index contributed by atoms with van der Waals surface area (Å²) < 4.78 is 45.3. The third kappa shape index (κ3) is 8.69. The molecule has 1 unspecified atom stereocenters. The van der Waals surface area contributed by atoms with Crippen molar-refractivity contribution < 1.29 is 22.7 Å². The molecule has 3 aromatic carbocycles.